The molecule has 2 heterocycles. The number of pyridine rings is 1. The maximum absolute atomic E-state index is 6.27. The molecule has 0 aliphatic carbocycles. The second-order valence-electron chi connectivity index (χ2n) is 5.02. The summed E-state index contributed by atoms with van der Waals surface area (Å²) in [5, 5.41) is 0. The van der Waals surface area contributed by atoms with Crippen LogP contribution in [0.1, 0.15) is 19.3 Å². The molecule has 1 atom stereocenters. The third-order valence-corrected chi connectivity index (χ3v) is 3.74. The molecule has 0 bridgehead atoms. The molecule has 2 N–H and O–H groups in total. The number of aromatic nitrogens is 1. The van der Waals surface area contributed by atoms with Gasteiger partial charge in [-0.2, -0.15) is 0 Å². The standard InChI is InChI=1S/C16H19N3/c17-16-9-3-4-11-19(16)15-8-2-1-7-14(15)13-6-5-10-18-12-13/h1-2,5-8,10,12,16H,3-4,9,11,17H2. The van der Waals surface area contributed by atoms with Crippen molar-refractivity contribution in [3.05, 3.63) is 48.8 Å². The van der Waals surface area contributed by atoms with Crippen molar-refractivity contribution < 1.29 is 0 Å². The van der Waals surface area contributed by atoms with Gasteiger partial charge in [0, 0.05) is 35.8 Å². The highest BCUT2D eigenvalue weighted by Gasteiger charge is 2.21. The summed E-state index contributed by atoms with van der Waals surface area (Å²) in [7, 11) is 0. The van der Waals surface area contributed by atoms with Crippen LogP contribution in [0.2, 0.25) is 0 Å². The molecule has 3 heteroatoms. The van der Waals surface area contributed by atoms with Gasteiger partial charge < -0.3 is 10.6 Å². The molecule has 1 aromatic heterocycles. The molecule has 19 heavy (non-hydrogen) atoms. The Kier molecular flexibility index (Phi) is 3.47. The summed E-state index contributed by atoms with van der Waals surface area (Å²) in [6.45, 7) is 1.04. The highest BCUT2D eigenvalue weighted by Crippen LogP contribution is 2.32. The van der Waals surface area contributed by atoms with Crippen LogP contribution in [-0.2, 0) is 0 Å². The van der Waals surface area contributed by atoms with E-state index in [0.717, 1.165) is 18.5 Å². The van der Waals surface area contributed by atoms with E-state index in [1.165, 1.54) is 24.1 Å². The average Bonchev–Trinajstić information content (AvgIpc) is 2.49. The molecule has 1 saturated heterocycles. The molecule has 2 aromatic rings. The first-order valence-corrected chi connectivity index (χ1v) is 6.88. The summed E-state index contributed by atoms with van der Waals surface area (Å²) in [5.41, 5.74) is 9.86. The van der Waals surface area contributed by atoms with Gasteiger partial charge in [0.1, 0.15) is 0 Å². The largest absolute Gasteiger partial charge is 0.356 e. The Labute approximate surface area is 114 Å². The Morgan fingerprint density at radius 1 is 1.11 bits per heavy atom. The molecule has 3 rings (SSSR count). The average molecular weight is 253 g/mol. The number of benzene rings is 1. The maximum Gasteiger partial charge on any atom is 0.0771 e. The van der Waals surface area contributed by atoms with Gasteiger partial charge in [0.15, 0.2) is 0 Å². The van der Waals surface area contributed by atoms with Gasteiger partial charge in [-0.15, -0.1) is 0 Å². The van der Waals surface area contributed by atoms with Crippen molar-refractivity contribution in [2.24, 2.45) is 5.73 Å². The van der Waals surface area contributed by atoms with Crippen molar-refractivity contribution in [2.75, 3.05) is 11.4 Å². The molecule has 0 spiro atoms. The Balaban J connectivity index is 2.02. The molecular formula is C16H19N3. The molecule has 3 nitrogen and oxygen atoms in total. The minimum absolute atomic E-state index is 0.131. The fourth-order valence-corrected chi connectivity index (χ4v) is 2.75. The van der Waals surface area contributed by atoms with Gasteiger partial charge in [0.2, 0.25) is 0 Å². The van der Waals surface area contributed by atoms with Crippen molar-refractivity contribution in [3.63, 3.8) is 0 Å². The molecule has 0 saturated carbocycles. The van der Waals surface area contributed by atoms with Crippen LogP contribution in [0.15, 0.2) is 48.8 Å². The smallest absolute Gasteiger partial charge is 0.0771 e. The van der Waals surface area contributed by atoms with Gasteiger partial charge in [0.05, 0.1) is 6.17 Å². The minimum Gasteiger partial charge on any atom is -0.356 e. The lowest BCUT2D eigenvalue weighted by Crippen LogP contribution is -2.45. The van der Waals surface area contributed by atoms with Gasteiger partial charge >= 0.3 is 0 Å². The van der Waals surface area contributed by atoms with Gasteiger partial charge in [-0.1, -0.05) is 24.3 Å². The van der Waals surface area contributed by atoms with E-state index in [9.17, 15) is 0 Å². The minimum atomic E-state index is 0.131. The van der Waals surface area contributed by atoms with Crippen LogP contribution in [0.4, 0.5) is 5.69 Å². The zero-order chi connectivity index (χ0) is 13.1. The number of hydrogen-bond acceptors (Lipinski definition) is 3. The van der Waals surface area contributed by atoms with Crippen LogP contribution in [0.25, 0.3) is 11.1 Å². The van der Waals surface area contributed by atoms with Gasteiger partial charge in [-0.05, 0) is 31.4 Å². The Morgan fingerprint density at radius 3 is 2.79 bits per heavy atom. The second kappa shape index (κ2) is 5.41. The lowest BCUT2D eigenvalue weighted by atomic mass is 10.0. The van der Waals surface area contributed by atoms with E-state index < -0.39 is 0 Å². The molecule has 1 aliphatic heterocycles. The zero-order valence-electron chi connectivity index (χ0n) is 11.0. The number of piperidine rings is 1. The van der Waals surface area contributed by atoms with Crippen LogP contribution in [0, 0.1) is 0 Å². The van der Waals surface area contributed by atoms with E-state index in [4.69, 9.17) is 5.73 Å². The Hall–Kier alpha value is -1.87. The van der Waals surface area contributed by atoms with Crippen molar-refractivity contribution in [1.29, 1.82) is 0 Å². The molecule has 0 radical (unpaired) electrons. The number of anilines is 1. The summed E-state index contributed by atoms with van der Waals surface area (Å²) in [6.07, 6.45) is 7.36. The van der Waals surface area contributed by atoms with Crippen molar-refractivity contribution >= 4 is 5.69 Å². The maximum atomic E-state index is 6.27. The number of para-hydroxylation sites is 1. The number of rotatable bonds is 2. The molecule has 1 aromatic carbocycles. The first kappa shape index (κ1) is 12.2. The Morgan fingerprint density at radius 2 is 2.00 bits per heavy atom. The first-order valence-electron chi connectivity index (χ1n) is 6.88. The van der Waals surface area contributed by atoms with E-state index in [1.807, 2.05) is 12.3 Å². The monoisotopic (exact) mass is 253 g/mol. The highest BCUT2D eigenvalue weighted by atomic mass is 15.2. The van der Waals surface area contributed by atoms with E-state index in [0.29, 0.717) is 0 Å². The molecule has 98 valence electrons. The fourth-order valence-electron chi connectivity index (χ4n) is 2.75. The SMILES string of the molecule is NC1CCCCN1c1ccccc1-c1cccnc1. The number of nitrogens with zero attached hydrogens (tertiary/aromatic N) is 2. The summed E-state index contributed by atoms with van der Waals surface area (Å²) < 4.78 is 0. The lowest BCUT2D eigenvalue weighted by molar-refractivity contribution is 0.470. The van der Waals surface area contributed by atoms with Gasteiger partial charge in [-0.3, -0.25) is 4.98 Å². The predicted molar refractivity (Wildman–Crippen MR) is 78.8 cm³/mol. The highest BCUT2D eigenvalue weighted by molar-refractivity contribution is 5.78. The van der Waals surface area contributed by atoms with Crippen molar-refractivity contribution in [2.45, 2.75) is 25.4 Å². The van der Waals surface area contributed by atoms with E-state index >= 15 is 0 Å². The van der Waals surface area contributed by atoms with E-state index in [1.54, 1.807) is 6.20 Å². The molecule has 1 unspecified atom stereocenters. The van der Waals surface area contributed by atoms with Gasteiger partial charge in [0.25, 0.3) is 0 Å². The quantitative estimate of drug-likeness (QED) is 0.894. The molecule has 1 aliphatic rings. The van der Waals surface area contributed by atoms with Crippen LogP contribution in [-0.4, -0.2) is 17.7 Å². The fraction of sp³-hybridized carbons (Fsp3) is 0.312. The van der Waals surface area contributed by atoms with Crippen LogP contribution >= 0.6 is 0 Å². The van der Waals surface area contributed by atoms with Crippen LogP contribution in [0.5, 0.6) is 0 Å². The number of hydrogen-bond donors (Lipinski definition) is 1. The number of nitrogens with two attached hydrogens (primary N) is 1. The third-order valence-electron chi connectivity index (χ3n) is 3.74. The van der Waals surface area contributed by atoms with E-state index in [-0.39, 0.29) is 6.17 Å². The molecule has 1 fully saturated rings. The van der Waals surface area contributed by atoms with Gasteiger partial charge in [-0.25, -0.2) is 0 Å². The molecular weight excluding hydrogens is 234 g/mol. The van der Waals surface area contributed by atoms with Crippen LogP contribution < -0.4 is 10.6 Å². The summed E-state index contributed by atoms with van der Waals surface area (Å²) in [5.74, 6) is 0. The Bertz CT molecular complexity index is 539. The zero-order valence-corrected chi connectivity index (χ0v) is 11.0. The summed E-state index contributed by atoms with van der Waals surface area (Å²) >= 11 is 0. The normalized spacial score (nSPS) is 19.4. The first-order chi connectivity index (χ1) is 9.36. The lowest BCUT2D eigenvalue weighted by Gasteiger charge is -2.36. The topological polar surface area (TPSA) is 42.1 Å². The second-order valence-corrected chi connectivity index (χ2v) is 5.02. The third kappa shape index (κ3) is 2.47. The summed E-state index contributed by atoms with van der Waals surface area (Å²) in [4.78, 5) is 6.54. The molecule has 0 amide bonds. The summed E-state index contributed by atoms with van der Waals surface area (Å²) in [6, 6.07) is 12.5. The van der Waals surface area contributed by atoms with Crippen molar-refractivity contribution in [3.8, 4) is 11.1 Å². The van der Waals surface area contributed by atoms with Crippen LogP contribution in [0.3, 0.4) is 0 Å². The van der Waals surface area contributed by atoms with E-state index in [2.05, 4.69) is 40.2 Å². The van der Waals surface area contributed by atoms with Crippen molar-refractivity contribution in [1.82, 2.24) is 4.98 Å². The predicted octanol–water partition coefficient (Wildman–Crippen LogP) is 3.02.